The van der Waals surface area contributed by atoms with Crippen LogP contribution >= 0.6 is 0 Å². The Morgan fingerprint density at radius 2 is 2.43 bits per heavy atom. The minimum atomic E-state index is 0. The molecule has 0 saturated heterocycles. The number of aromatic nitrogens is 2. The van der Waals surface area contributed by atoms with Crippen LogP contribution in [-0.2, 0) is 20.4 Å². The van der Waals surface area contributed by atoms with Crippen LogP contribution in [0.25, 0.3) is 0 Å². The topological polar surface area (TPSA) is 27.0 Å². The van der Waals surface area contributed by atoms with E-state index in [9.17, 15) is 0 Å². The molecular formula is C4H5N2Pd-. The minimum Gasteiger partial charge on any atom is -0.450 e. The molecule has 42 valence electrons. The Bertz CT molecular complexity index is 113. The van der Waals surface area contributed by atoms with Crippen LogP contribution in [0.3, 0.4) is 0 Å². The summed E-state index contributed by atoms with van der Waals surface area (Å²) in [5.74, 6) is 0. The van der Waals surface area contributed by atoms with Crippen molar-refractivity contribution in [1.29, 1.82) is 0 Å². The summed E-state index contributed by atoms with van der Waals surface area (Å²) in [6.45, 7) is 1.91. The van der Waals surface area contributed by atoms with Crippen LogP contribution in [0.4, 0.5) is 0 Å². The molecule has 1 aromatic rings. The van der Waals surface area contributed by atoms with Crippen molar-refractivity contribution in [3.05, 3.63) is 18.2 Å². The normalized spacial score (nSPS) is 7.57. The van der Waals surface area contributed by atoms with Crippen LogP contribution in [-0.4, -0.2) is 4.98 Å². The van der Waals surface area contributed by atoms with Crippen molar-refractivity contribution in [3.8, 4) is 0 Å². The summed E-state index contributed by atoms with van der Waals surface area (Å²) in [7, 11) is 0. The monoisotopic (exact) mass is 187 g/mol. The Labute approximate surface area is 56.0 Å². The predicted molar refractivity (Wildman–Crippen MR) is 22.3 cm³/mol. The molecule has 1 rings (SSSR count). The van der Waals surface area contributed by atoms with Gasteiger partial charge in [0.25, 0.3) is 0 Å². The molecule has 1 aromatic heterocycles. The van der Waals surface area contributed by atoms with Gasteiger partial charge in [-0.25, -0.2) is 0 Å². The zero-order valence-corrected chi connectivity index (χ0v) is 5.42. The summed E-state index contributed by atoms with van der Waals surface area (Å²) < 4.78 is 0. The first-order valence-corrected chi connectivity index (χ1v) is 1.79. The first-order valence-electron chi connectivity index (χ1n) is 1.79. The maximum absolute atomic E-state index is 3.81. The quantitative estimate of drug-likeness (QED) is 0.548. The Morgan fingerprint density at radius 3 is 2.57 bits per heavy atom. The molecule has 0 aliphatic heterocycles. The second-order valence-electron chi connectivity index (χ2n) is 1.16. The molecule has 0 saturated carbocycles. The molecule has 0 spiro atoms. The summed E-state index contributed by atoms with van der Waals surface area (Å²) in [5.41, 5.74) is 0.981. The van der Waals surface area contributed by atoms with Crippen molar-refractivity contribution in [2.45, 2.75) is 6.92 Å². The second-order valence-corrected chi connectivity index (χ2v) is 1.16. The summed E-state index contributed by atoms with van der Waals surface area (Å²) in [5, 5.41) is 0. The van der Waals surface area contributed by atoms with Crippen LogP contribution < -0.4 is 4.98 Å². The Morgan fingerprint density at radius 1 is 1.71 bits per heavy atom. The number of hydrogen-bond donors (Lipinski definition) is 0. The summed E-state index contributed by atoms with van der Waals surface area (Å²) in [4.78, 5) is 7.52. The summed E-state index contributed by atoms with van der Waals surface area (Å²) in [6.07, 6.45) is 3.26. The Kier molecular flexibility index (Phi) is 2.90. The van der Waals surface area contributed by atoms with Crippen LogP contribution in [0.2, 0.25) is 0 Å². The van der Waals surface area contributed by atoms with Gasteiger partial charge in [0.05, 0.1) is 0 Å². The fraction of sp³-hybridized carbons (Fsp3) is 0.250. The van der Waals surface area contributed by atoms with Crippen molar-refractivity contribution in [2.75, 3.05) is 0 Å². The molecule has 0 aliphatic carbocycles. The van der Waals surface area contributed by atoms with Crippen molar-refractivity contribution >= 4 is 0 Å². The van der Waals surface area contributed by atoms with Crippen molar-refractivity contribution < 1.29 is 20.4 Å². The van der Waals surface area contributed by atoms with E-state index >= 15 is 0 Å². The number of hydrogen-bond acceptors (Lipinski definition) is 1. The van der Waals surface area contributed by atoms with Gasteiger partial charge in [-0.05, 0) is 6.92 Å². The average Bonchev–Trinajstić information content (AvgIpc) is 1.86. The molecule has 0 fully saturated rings. The maximum Gasteiger partial charge on any atom is 0 e. The average molecular weight is 188 g/mol. The zero-order chi connectivity index (χ0) is 4.41. The van der Waals surface area contributed by atoms with Crippen molar-refractivity contribution in [2.24, 2.45) is 0 Å². The standard InChI is InChI=1S/C4H5N2.Pd/c1-4-2-5-3-6-4;/h2-3H,1H3;/q-1;. The molecule has 0 unspecified atom stereocenters. The first-order chi connectivity index (χ1) is 2.89. The maximum atomic E-state index is 3.81. The fourth-order valence-electron chi connectivity index (χ4n) is 0.299. The van der Waals surface area contributed by atoms with E-state index in [0.29, 0.717) is 0 Å². The SMILES string of the molecule is Cc1c[n-]cn1.[Pd]. The second kappa shape index (κ2) is 2.95. The van der Waals surface area contributed by atoms with Crippen LogP contribution in [0.15, 0.2) is 12.5 Å². The van der Waals surface area contributed by atoms with E-state index in [4.69, 9.17) is 0 Å². The molecule has 0 N–H and O–H groups in total. The third-order valence-electron chi connectivity index (χ3n) is 0.589. The van der Waals surface area contributed by atoms with Crippen molar-refractivity contribution in [1.82, 2.24) is 9.97 Å². The van der Waals surface area contributed by atoms with Gasteiger partial charge in [-0.1, -0.05) is 18.2 Å². The van der Waals surface area contributed by atoms with Gasteiger partial charge in [0.15, 0.2) is 0 Å². The fourth-order valence-corrected chi connectivity index (χ4v) is 0.299. The largest absolute Gasteiger partial charge is 0.450 e. The van der Waals surface area contributed by atoms with Gasteiger partial charge in [-0.15, -0.1) is 0 Å². The Balaban J connectivity index is 0.000000360. The molecule has 0 atom stereocenters. The number of imidazole rings is 1. The number of nitrogens with zero attached hydrogens (tertiary/aromatic N) is 2. The van der Waals surface area contributed by atoms with Gasteiger partial charge in [-0.3, -0.25) is 0 Å². The van der Waals surface area contributed by atoms with E-state index in [0.717, 1.165) is 5.69 Å². The van der Waals surface area contributed by atoms with Gasteiger partial charge in [0.2, 0.25) is 0 Å². The van der Waals surface area contributed by atoms with Crippen LogP contribution in [0, 0.1) is 6.92 Å². The molecule has 2 nitrogen and oxygen atoms in total. The van der Waals surface area contributed by atoms with E-state index in [1.165, 1.54) is 6.33 Å². The number of rotatable bonds is 0. The summed E-state index contributed by atoms with van der Waals surface area (Å²) in [6, 6.07) is 0. The molecule has 0 aromatic carbocycles. The minimum absolute atomic E-state index is 0. The molecule has 7 heavy (non-hydrogen) atoms. The molecule has 0 amide bonds. The van der Waals surface area contributed by atoms with E-state index in [2.05, 4.69) is 9.97 Å². The smallest absolute Gasteiger partial charge is 0 e. The van der Waals surface area contributed by atoms with Crippen molar-refractivity contribution in [3.63, 3.8) is 0 Å². The molecule has 3 heteroatoms. The van der Waals surface area contributed by atoms with E-state index in [-0.39, 0.29) is 20.4 Å². The molecule has 0 radical (unpaired) electrons. The van der Waals surface area contributed by atoms with Gasteiger partial charge in [-0.2, -0.15) is 0 Å². The number of aryl methyl sites for hydroxylation is 1. The Hall–Kier alpha value is -0.128. The van der Waals surface area contributed by atoms with Crippen LogP contribution in [0.5, 0.6) is 0 Å². The third-order valence-corrected chi connectivity index (χ3v) is 0.589. The van der Waals surface area contributed by atoms with E-state index in [1.807, 2.05) is 6.92 Å². The zero-order valence-electron chi connectivity index (χ0n) is 3.87. The van der Waals surface area contributed by atoms with Gasteiger partial charge in [0, 0.05) is 20.4 Å². The molecule has 0 aliphatic rings. The van der Waals surface area contributed by atoms with E-state index < -0.39 is 0 Å². The molecule has 1 heterocycles. The van der Waals surface area contributed by atoms with Gasteiger partial charge < -0.3 is 9.97 Å². The third kappa shape index (κ3) is 1.86. The summed E-state index contributed by atoms with van der Waals surface area (Å²) >= 11 is 0. The van der Waals surface area contributed by atoms with Crippen LogP contribution in [0.1, 0.15) is 5.69 Å². The van der Waals surface area contributed by atoms with Gasteiger partial charge >= 0.3 is 0 Å². The molecular weight excluding hydrogens is 182 g/mol. The van der Waals surface area contributed by atoms with Gasteiger partial charge in [0.1, 0.15) is 0 Å². The predicted octanol–water partition coefficient (Wildman–Crippen LogP) is 0.345. The van der Waals surface area contributed by atoms with E-state index in [1.54, 1.807) is 6.20 Å². The molecule has 0 bridgehead atoms. The first kappa shape index (κ1) is 6.87.